The highest BCUT2D eigenvalue weighted by Gasteiger charge is 2.31. The molecule has 1 aromatic carbocycles. The topological polar surface area (TPSA) is 78.6 Å². The van der Waals surface area contributed by atoms with Gasteiger partial charge in [0, 0.05) is 28.6 Å². The van der Waals surface area contributed by atoms with Gasteiger partial charge in [0.05, 0.1) is 36.8 Å². The number of ether oxygens (including phenoxy) is 1. The molecule has 1 aliphatic heterocycles. The van der Waals surface area contributed by atoms with Crippen LogP contribution < -0.4 is 0 Å². The van der Waals surface area contributed by atoms with E-state index in [1.165, 1.54) is 24.5 Å². The summed E-state index contributed by atoms with van der Waals surface area (Å²) >= 11 is 6.00. The molecule has 2 unspecified atom stereocenters. The quantitative estimate of drug-likeness (QED) is 0.395. The van der Waals surface area contributed by atoms with Crippen molar-refractivity contribution < 1.29 is 9.13 Å². The van der Waals surface area contributed by atoms with Crippen LogP contribution in [-0.4, -0.2) is 42.9 Å². The van der Waals surface area contributed by atoms with Crippen LogP contribution in [0.2, 0.25) is 5.02 Å². The Bertz CT molecular complexity index is 1400. The maximum Gasteiger partial charge on any atom is 0.182 e. The van der Waals surface area contributed by atoms with Crippen LogP contribution in [0.3, 0.4) is 0 Å². The molecule has 2 atom stereocenters. The maximum atomic E-state index is 14.9. The van der Waals surface area contributed by atoms with Gasteiger partial charge in [0.2, 0.25) is 0 Å². The lowest BCUT2D eigenvalue weighted by Crippen LogP contribution is -2.24. The molecule has 174 valence electrons. The highest BCUT2D eigenvalue weighted by atomic mass is 35.5. The molecular formula is C25H24ClFN6O. The third kappa shape index (κ3) is 3.95. The molecule has 3 aromatic heterocycles. The summed E-state index contributed by atoms with van der Waals surface area (Å²) in [5, 5.41) is 4.87. The van der Waals surface area contributed by atoms with E-state index in [9.17, 15) is 4.39 Å². The Kier molecular flexibility index (Phi) is 5.30. The minimum Gasteiger partial charge on any atom is -0.380 e. The van der Waals surface area contributed by atoms with E-state index in [4.69, 9.17) is 26.3 Å². The van der Waals surface area contributed by atoms with Crippen molar-refractivity contribution in [1.82, 2.24) is 29.7 Å². The van der Waals surface area contributed by atoms with Gasteiger partial charge in [-0.2, -0.15) is 5.10 Å². The van der Waals surface area contributed by atoms with Gasteiger partial charge in [-0.25, -0.2) is 24.3 Å². The van der Waals surface area contributed by atoms with Crippen molar-refractivity contribution in [2.24, 2.45) is 0 Å². The highest BCUT2D eigenvalue weighted by molar-refractivity contribution is 6.30. The molecule has 0 spiro atoms. The summed E-state index contributed by atoms with van der Waals surface area (Å²) in [6.07, 6.45) is 7.30. The Hall–Kier alpha value is -2.97. The van der Waals surface area contributed by atoms with Crippen molar-refractivity contribution in [2.45, 2.75) is 51.0 Å². The van der Waals surface area contributed by atoms with E-state index in [1.54, 1.807) is 12.1 Å². The SMILES string of the molecule is Cc1nc2nc(C3COCC(c4cnn(C5CC5)c4)C3)nc(-c3ccc(Cl)cc3F)c2nc1C. The first-order valence-electron chi connectivity index (χ1n) is 11.6. The monoisotopic (exact) mass is 478 g/mol. The molecule has 1 saturated carbocycles. The van der Waals surface area contributed by atoms with Crippen LogP contribution in [0.15, 0.2) is 30.6 Å². The summed E-state index contributed by atoms with van der Waals surface area (Å²) in [7, 11) is 0. The third-order valence-electron chi connectivity index (χ3n) is 6.73. The molecule has 1 aliphatic carbocycles. The first-order valence-corrected chi connectivity index (χ1v) is 11.9. The van der Waals surface area contributed by atoms with Gasteiger partial charge < -0.3 is 4.74 Å². The zero-order valence-electron chi connectivity index (χ0n) is 19.0. The molecule has 1 saturated heterocycles. The van der Waals surface area contributed by atoms with E-state index < -0.39 is 5.82 Å². The normalized spacial score (nSPS) is 20.7. The number of rotatable bonds is 4. The van der Waals surface area contributed by atoms with E-state index in [0.717, 1.165) is 17.8 Å². The smallest absolute Gasteiger partial charge is 0.182 e. The van der Waals surface area contributed by atoms with Gasteiger partial charge in [0.15, 0.2) is 5.65 Å². The Balaban J connectivity index is 1.41. The number of halogens is 2. The van der Waals surface area contributed by atoms with E-state index in [-0.39, 0.29) is 11.8 Å². The molecule has 4 aromatic rings. The lowest BCUT2D eigenvalue weighted by molar-refractivity contribution is 0.0620. The van der Waals surface area contributed by atoms with Crippen LogP contribution in [0.4, 0.5) is 4.39 Å². The van der Waals surface area contributed by atoms with E-state index in [1.807, 2.05) is 20.0 Å². The second-order valence-corrected chi connectivity index (χ2v) is 9.71. The van der Waals surface area contributed by atoms with Crippen LogP contribution in [0.25, 0.3) is 22.4 Å². The van der Waals surface area contributed by atoms with Crippen molar-refractivity contribution in [3.8, 4) is 11.3 Å². The molecule has 7 nitrogen and oxygen atoms in total. The third-order valence-corrected chi connectivity index (χ3v) is 6.97. The molecule has 2 fully saturated rings. The number of fused-ring (bicyclic) bond motifs is 1. The molecule has 0 bridgehead atoms. The highest BCUT2D eigenvalue weighted by Crippen LogP contribution is 2.38. The minimum absolute atomic E-state index is 0.0510. The maximum absolute atomic E-state index is 14.9. The summed E-state index contributed by atoms with van der Waals surface area (Å²) in [4.78, 5) is 18.9. The molecule has 2 aliphatic rings. The molecular weight excluding hydrogens is 455 g/mol. The van der Waals surface area contributed by atoms with Crippen molar-refractivity contribution in [3.05, 3.63) is 64.2 Å². The van der Waals surface area contributed by atoms with Crippen molar-refractivity contribution in [1.29, 1.82) is 0 Å². The van der Waals surface area contributed by atoms with Gasteiger partial charge in [-0.3, -0.25) is 4.68 Å². The van der Waals surface area contributed by atoms with Gasteiger partial charge in [-0.05, 0) is 56.9 Å². The first kappa shape index (κ1) is 21.6. The molecule has 0 amide bonds. The first-order chi connectivity index (χ1) is 16.5. The molecule has 34 heavy (non-hydrogen) atoms. The number of hydrogen-bond donors (Lipinski definition) is 0. The average molecular weight is 479 g/mol. The van der Waals surface area contributed by atoms with Crippen LogP contribution in [0, 0.1) is 19.7 Å². The molecule has 9 heteroatoms. The summed E-state index contributed by atoms with van der Waals surface area (Å²) in [6, 6.07) is 5.11. The minimum atomic E-state index is -0.455. The Morgan fingerprint density at radius 1 is 1.03 bits per heavy atom. The zero-order chi connectivity index (χ0) is 23.4. The largest absolute Gasteiger partial charge is 0.380 e. The number of nitrogens with zero attached hydrogens (tertiary/aromatic N) is 6. The van der Waals surface area contributed by atoms with Gasteiger partial charge in [0.25, 0.3) is 0 Å². The summed E-state index contributed by atoms with van der Waals surface area (Å²) in [5.41, 5.74) is 4.40. The fraction of sp³-hybridized carbons (Fsp3) is 0.400. The van der Waals surface area contributed by atoms with Gasteiger partial charge in [0.1, 0.15) is 22.9 Å². The number of aromatic nitrogens is 6. The number of aryl methyl sites for hydroxylation is 2. The van der Waals surface area contributed by atoms with E-state index in [2.05, 4.69) is 25.9 Å². The Morgan fingerprint density at radius 3 is 2.62 bits per heavy atom. The average Bonchev–Trinajstić information content (AvgIpc) is 3.56. The van der Waals surface area contributed by atoms with Crippen LogP contribution in [0.1, 0.15) is 59.9 Å². The predicted octanol–water partition coefficient (Wildman–Crippen LogP) is 5.32. The number of hydrogen-bond acceptors (Lipinski definition) is 6. The summed E-state index contributed by atoms with van der Waals surface area (Å²) in [5.74, 6) is 0.287. The molecule has 0 radical (unpaired) electrons. The van der Waals surface area contributed by atoms with Crippen LogP contribution in [-0.2, 0) is 4.74 Å². The van der Waals surface area contributed by atoms with E-state index >= 15 is 0 Å². The number of benzene rings is 1. The fourth-order valence-corrected chi connectivity index (χ4v) is 4.69. The lowest BCUT2D eigenvalue weighted by atomic mass is 9.88. The van der Waals surface area contributed by atoms with Crippen LogP contribution in [0.5, 0.6) is 0 Å². The van der Waals surface area contributed by atoms with Crippen molar-refractivity contribution >= 4 is 22.8 Å². The standard InChI is InChI=1S/C25H24ClFN6O/c1-13-14(2)30-25-23(29-13)22(20-6-3-18(26)8-21(20)27)31-24(32-25)16-7-15(11-34-12-16)17-9-28-33(10-17)19-4-5-19/h3,6,8-10,15-16,19H,4-5,7,11-12H2,1-2H3. The van der Waals surface area contributed by atoms with Crippen LogP contribution >= 0.6 is 11.6 Å². The summed E-state index contributed by atoms with van der Waals surface area (Å²) in [6.45, 7) is 4.90. The predicted molar refractivity (Wildman–Crippen MR) is 126 cm³/mol. The van der Waals surface area contributed by atoms with Crippen molar-refractivity contribution in [2.75, 3.05) is 13.2 Å². The zero-order valence-corrected chi connectivity index (χ0v) is 19.8. The Labute approximate surface area is 201 Å². The molecule has 6 rings (SSSR count). The lowest BCUT2D eigenvalue weighted by Gasteiger charge is -2.28. The fourth-order valence-electron chi connectivity index (χ4n) is 4.53. The second-order valence-electron chi connectivity index (χ2n) is 9.27. The molecule has 0 N–H and O–H groups in total. The van der Waals surface area contributed by atoms with Gasteiger partial charge >= 0.3 is 0 Å². The summed E-state index contributed by atoms with van der Waals surface area (Å²) < 4.78 is 23.0. The van der Waals surface area contributed by atoms with Gasteiger partial charge in [-0.15, -0.1) is 0 Å². The molecule has 4 heterocycles. The second kappa shape index (κ2) is 8.36. The Morgan fingerprint density at radius 2 is 1.82 bits per heavy atom. The van der Waals surface area contributed by atoms with E-state index in [0.29, 0.717) is 52.5 Å². The van der Waals surface area contributed by atoms with Gasteiger partial charge in [-0.1, -0.05) is 11.6 Å². The van der Waals surface area contributed by atoms with Crippen molar-refractivity contribution in [3.63, 3.8) is 0 Å².